The number of hydrogen-bond donors (Lipinski definition) is 6. The van der Waals surface area contributed by atoms with Gasteiger partial charge in [-0.05, 0) is 51.4 Å². The number of ether oxygens (including phenoxy) is 2. The molecule has 1 amide bonds. The van der Waals surface area contributed by atoms with Crippen LogP contribution in [0.25, 0.3) is 0 Å². The second-order valence-corrected chi connectivity index (χ2v) is 15.8. The maximum Gasteiger partial charge on any atom is 0.220 e. The second kappa shape index (κ2) is 37.4. The van der Waals surface area contributed by atoms with Crippen LogP contribution in [-0.4, -0.2) is 87.5 Å². The third kappa shape index (κ3) is 27.7. The van der Waals surface area contributed by atoms with Crippen molar-refractivity contribution in [1.82, 2.24) is 5.32 Å². The summed E-state index contributed by atoms with van der Waals surface area (Å²) in [6, 6.07) is -0.720. The predicted octanol–water partition coefficient (Wildman–Crippen LogP) is 9.45. The molecule has 0 aliphatic carbocycles. The molecular weight excluding hydrogens is 707 g/mol. The van der Waals surface area contributed by atoms with Crippen LogP contribution in [0.1, 0.15) is 187 Å². The maximum atomic E-state index is 13.0. The van der Waals surface area contributed by atoms with Crippen molar-refractivity contribution in [3.8, 4) is 0 Å². The van der Waals surface area contributed by atoms with E-state index in [0.29, 0.717) is 12.8 Å². The number of hydrogen-bond acceptors (Lipinski definition) is 8. The summed E-state index contributed by atoms with van der Waals surface area (Å²) in [6.45, 7) is 3.69. The first-order chi connectivity index (χ1) is 27.3. The summed E-state index contributed by atoms with van der Waals surface area (Å²) >= 11 is 0. The predicted molar refractivity (Wildman–Crippen MR) is 230 cm³/mol. The minimum absolute atomic E-state index is 0.141. The van der Waals surface area contributed by atoms with E-state index in [1.807, 2.05) is 0 Å². The molecule has 1 fully saturated rings. The number of nitrogens with one attached hydrogen (secondary N) is 1. The number of rotatable bonds is 37. The summed E-state index contributed by atoms with van der Waals surface area (Å²) in [6.07, 6.45) is 39.8. The van der Waals surface area contributed by atoms with E-state index in [4.69, 9.17) is 9.47 Å². The van der Waals surface area contributed by atoms with Crippen molar-refractivity contribution < 1.29 is 39.8 Å². The highest BCUT2D eigenvalue weighted by Gasteiger charge is 2.44. The summed E-state index contributed by atoms with van der Waals surface area (Å²) in [7, 11) is 0. The first-order valence-corrected chi connectivity index (χ1v) is 22.8. The number of amides is 1. The molecule has 0 radical (unpaired) electrons. The Balaban J connectivity index is 2.26. The first kappa shape index (κ1) is 52.2. The van der Waals surface area contributed by atoms with Crippen molar-refractivity contribution in [1.29, 1.82) is 0 Å². The van der Waals surface area contributed by atoms with Gasteiger partial charge in [0.25, 0.3) is 0 Å². The van der Waals surface area contributed by atoms with Crippen molar-refractivity contribution >= 4 is 5.91 Å². The average molecular weight is 792 g/mol. The molecule has 326 valence electrons. The third-order valence-electron chi connectivity index (χ3n) is 10.7. The van der Waals surface area contributed by atoms with Gasteiger partial charge < -0.3 is 40.3 Å². The van der Waals surface area contributed by atoms with E-state index in [1.165, 1.54) is 89.9 Å². The van der Waals surface area contributed by atoms with Crippen molar-refractivity contribution in [3.05, 3.63) is 48.6 Å². The third-order valence-corrected chi connectivity index (χ3v) is 10.7. The van der Waals surface area contributed by atoms with Crippen LogP contribution in [0.4, 0.5) is 0 Å². The summed E-state index contributed by atoms with van der Waals surface area (Å²) in [4.78, 5) is 13.0. The highest BCUT2D eigenvalue weighted by Crippen LogP contribution is 2.23. The van der Waals surface area contributed by atoms with Crippen molar-refractivity contribution in [2.75, 3.05) is 13.2 Å². The minimum Gasteiger partial charge on any atom is -0.394 e. The number of aliphatic hydroxyl groups is 5. The topological polar surface area (TPSA) is 149 Å². The fraction of sp³-hybridized carbons (Fsp3) is 0.809. The normalized spacial score (nSPS) is 21.6. The van der Waals surface area contributed by atoms with E-state index in [9.17, 15) is 30.3 Å². The lowest BCUT2D eigenvalue weighted by atomic mass is 9.99. The maximum absolute atomic E-state index is 13.0. The second-order valence-electron chi connectivity index (χ2n) is 15.8. The highest BCUT2D eigenvalue weighted by atomic mass is 16.7. The Kier molecular flexibility index (Phi) is 34.9. The zero-order valence-corrected chi connectivity index (χ0v) is 35.6. The Hall–Kier alpha value is -1.85. The molecule has 0 aromatic heterocycles. The molecule has 0 aromatic rings. The standard InChI is InChI=1S/C47H85NO8/c1-3-5-7-9-11-13-15-16-17-18-19-20-21-22-23-24-25-26-27-29-31-33-35-37-43(51)48-40(39-55-47-46(54)45(53)44(52)42(38-49)56-47)41(50)36-34-32-30-28-14-12-10-8-6-4-2/h5,7,11,13,16-17,19-20,40-42,44-47,49-50,52-54H,3-4,6,8-10,12,14-15,18,21-39H2,1-2H3,(H,48,51)/b7-5-,13-11-,17-16-,20-19-. The van der Waals surface area contributed by atoms with Gasteiger partial charge in [-0.15, -0.1) is 0 Å². The monoisotopic (exact) mass is 792 g/mol. The summed E-state index contributed by atoms with van der Waals surface area (Å²) in [5.74, 6) is -0.153. The molecule has 1 saturated heterocycles. The van der Waals surface area contributed by atoms with Gasteiger partial charge in [-0.3, -0.25) is 4.79 Å². The van der Waals surface area contributed by atoms with Crippen LogP contribution < -0.4 is 5.32 Å². The van der Waals surface area contributed by atoms with Gasteiger partial charge in [0.05, 0.1) is 25.4 Å². The Labute approximate surface area is 342 Å². The van der Waals surface area contributed by atoms with Gasteiger partial charge >= 0.3 is 0 Å². The summed E-state index contributed by atoms with van der Waals surface area (Å²) in [5, 5.41) is 54.2. The van der Waals surface area contributed by atoms with Gasteiger partial charge in [0.1, 0.15) is 24.4 Å². The fourth-order valence-electron chi connectivity index (χ4n) is 7.03. The van der Waals surface area contributed by atoms with E-state index in [0.717, 1.165) is 70.6 Å². The molecule has 1 heterocycles. The van der Waals surface area contributed by atoms with Crippen LogP contribution in [0.3, 0.4) is 0 Å². The van der Waals surface area contributed by atoms with Crippen LogP contribution in [0.15, 0.2) is 48.6 Å². The molecule has 1 aliphatic heterocycles. The van der Waals surface area contributed by atoms with Crippen LogP contribution in [-0.2, 0) is 14.3 Å². The average Bonchev–Trinajstić information content (AvgIpc) is 3.20. The van der Waals surface area contributed by atoms with E-state index < -0.39 is 49.5 Å². The molecule has 6 N–H and O–H groups in total. The molecule has 0 aromatic carbocycles. The molecule has 9 heteroatoms. The number of allylic oxidation sites excluding steroid dienone is 8. The molecule has 0 saturated carbocycles. The van der Waals surface area contributed by atoms with Gasteiger partial charge in [0, 0.05) is 6.42 Å². The summed E-state index contributed by atoms with van der Waals surface area (Å²) < 4.78 is 11.2. The van der Waals surface area contributed by atoms with E-state index >= 15 is 0 Å². The lowest BCUT2D eigenvalue weighted by Crippen LogP contribution is -2.60. The molecular formula is C47H85NO8. The lowest BCUT2D eigenvalue weighted by Gasteiger charge is -2.40. The quantitative estimate of drug-likeness (QED) is 0.0269. The Morgan fingerprint density at radius 3 is 1.64 bits per heavy atom. The van der Waals surface area contributed by atoms with Crippen molar-refractivity contribution in [2.45, 2.75) is 230 Å². The number of carbonyl (C=O) groups is 1. The molecule has 1 aliphatic rings. The molecule has 56 heavy (non-hydrogen) atoms. The zero-order chi connectivity index (χ0) is 40.9. The Bertz CT molecular complexity index is 1010. The van der Waals surface area contributed by atoms with Crippen LogP contribution >= 0.6 is 0 Å². The van der Waals surface area contributed by atoms with Crippen LogP contribution in [0, 0.1) is 0 Å². The van der Waals surface area contributed by atoms with Gasteiger partial charge in [-0.1, -0.05) is 178 Å². The van der Waals surface area contributed by atoms with Crippen molar-refractivity contribution in [3.63, 3.8) is 0 Å². The Morgan fingerprint density at radius 1 is 0.625 bits per heavy atom. The minimum atomic E-state index is -1.55. The SMILES string of the molecule is CC/C=C\C/C=C\C/C=C\C/C=C\CCCCCCCCCCCCC(=O)NC(COC1OC(CO)C(O)C(O)C1O)C(O)CCCCCCCCCCCC. The molecule has 0 bridgehead atoms. The molecule has 7 unspecified atom stereocenters. The van der Waals surface area contributed by atoms with Crippen molar-refractivity contribution in [2.24, 2.45) is 0 Å². The molecule has 9 nitrogen and oxygen atoms in total. The summed E-state index contributed by atoms with van der Waals surface area (Å²) in [5.41, 5.74) is 0. The van der Waals surface area contributed by atoms with Gasteiger partial charge in [-0.25, -0.2) is 0 Å². The Morgan fingerprint density at radius 2 is 1.11 bits per heavy atom. The molecule has 1 rings (SSSR count). The van der Waals surface area contributed by atoms with Gasteiger partial charge in [-0.2, -0.15) is 0 Å². The molecule has 0 spiro atoms. The highest BCUT2D eigenvalue weighted by molar-refractivity contribution is 5.76. The van der Waals surface area contributed by atoms with E-state index in [2.05, 4.69) is 67.8 Å². The van der Waals surface area contributed by atoms with Crippen LogP contribution in [0.2, 0.25) is 0 Å². The largest absolute Gasteiger partial charge is 0.394 e. The fourth-order valence-corrected chi connectivity index (χ4v) is 7.03. The number of carbonyl (C=O) groups excluding carboxylic acids is 1. The van der Waals surface area contributed by atoms with Gasteiger partial charge in [0.15, 0.2) is 6.29 Å². The molecule has 7 atom stereocenters. The first-order valence-electron chi connectivity index (χ1n) is 22.8. The lowest BCUT2D eigenvalue weighted by molar-refractivity contribution is -0.302. The smallest absolute Gasteiger partial charge is 0.220 e. The number of aliphatic hydroxyl groups excluding tert-OH is 5. The van der Waals surface area contributed by atoms with Crippen LogP contribution in [0.5, 0.6) is 0 Å². The van der Waals surface area contributed by atoms with E-state index in [-0.39, 0.29) is 12.5 Å². The van der Waals surface area contributed by atoms with Gasteiger partial charge in [0.2, 0.25) is 5.91 Å². The number of unbranched alkanes of at least 4 members (excludes halogenated alkanes) is 19. The zero-order valence-electron chi connectivity index (χ0n) is 35.6. The van der Waals surface area contributed by atoms with E-state index in [1.54, 1.807) is 0 Å².